The monoisotopic (exact) mass is 363 g/mol. The van der Waals surface area contributed by atoms with Crippen LogP contribution in [0.3, 0.4) is 0 Å². The maximum Gasteiger partial charge on any atom is 0.0420 e. The number of hydrogen-bond donors (Lipinski definition) is 1. The van der Waals surface area contributed by atoms with E-state index in [0.717, 1.165) is 23.7 Å². The van der Waals surface area contributed by atoms with Gasteiger partial charge in [0.05, 0.1) is 0 Å². The van der Waals surface area contributed by atoms with Gasteiger partial charge in [-0.3, -0.25) is 0 Å². The number of nitrogens with one attached hydrogen (secondary N) is 1. The molecule has 0 saturated heterocycles. The number of benzene rings is 1. The molecule has 1 saturated carbocycles. The Morgan fingerprint density at radius 3 is 2.48 bits per heavy atom. The van der Waals surface area contributed by atoms with E-state index in [2.05, 4.69) is 77.4 Å². The van der Waals surface area contributed by atoms with Crippen molar-refractivity contribution in [3.05, 3.63) is 71.0 Å². The van der Waals surface area contributed by atoms with Crippen LogP contribution in [0.25, 0.3) is 5.57 Å². The molecule has 0 bridgehead atoms. The number of anilines is 1. The zero-order chi connectivity index (χ0) is 20.0. The first kappa shape index (κ1) is 21.3. The summed E-state index contributed by atoms with van der Waals surface area (Å²) < 4.78 is 0. The minimum absolute atomic E-state index is 0.782. The molecule has 0 radical (unpaired) electrons. The van der Waals surface area contributed by atoms with Gasteiger partial charge in [-0.15, -0.1) is 0 Å². The predicted molar refractivity (Wildman–Crippen MR) is 122 cm³/mol. The van der Waals surface area contributed by atoms with Crippen molar-refractivity contribution in [1.29, 1.82) is 0 Å². The summed E-state index contributed by atoms with van der Waals surface area (Å²) in [6, 6.07) is 6.61. The van der Waals surface area contributed by atoms with Crippen molar-refractivity contribution in [2.45, 2.75) is 73.1 Å². The molecule has 0 amide bonds. The Morgan fingerprint density at radius 1 is 1.19 bits per heavy atom. The molecule has 27 heavy (non-hydrogen) atoms. The molecule has 0 atom stereocenters. The largest absolute Gasteiger partial charge is 0.355 e. The molecule has 0 aliphatic heterocycles. The van der Waals surface area contributed by atoms with Crippen molar-refractivity contribution in [1.82, 2.24) is 0 Å². The molecule has 1 aliphatic rings. The van der Waals surface area contributed by atoms with Crippen LogP contribution in [0.2, 0.25) is 0 Å². The first-order chi connectivity index (χ1) is 12.9. The van der Waals surface area contributed by atoms with Gasteiger partial charge in [-0.25, -0.2) is 0 Å². The third kappa shape index (κ3) is 5.73. The second-order valence-electron chi connectivity index (χ2n) is 7.98. The zero-order valence-corrected chi connectivity index (χ0v) is 18.0. The van der Waals surface area contributed by atoms with Crippen molar-refractivity contribution in [3.8, 4) is 0 Å². The van der Waals surface area contributed by atoms with Crippen molar-refractivity contribution < 1.29 is 0 Å². The second-order valence-corrected chi connectivity index (χ2v) is 7.98. The van der Waals surface area contributed by atoms with Gasteiger partial charge >= 0.3 is 0 Å². The first-order valence-corrected chi connectivity index (χ1v) is 10.5. The van der Waals surface area contributed by atoms with Crippen LogP contribution in [-0.4, -0.2) is 0 Å². The molecule has 0 spiro atoms. The summed E-state index contributed by atoms with van der Waals surface area (Å²) in [7, 11) is 0. The lowest BCUT2D eigenvalue weighted by molar-refractivity contribution is 0.736. The van der Waals surface area contributed by atoms with Crippen molar-refractivity contribution in [2.75, 3.05) is 5.32 Å². The third-order valence-corrected chi connectivity index (χ3v) is 5.81. The summed E-state index contributed by atoms with van der Waals surface area (Å²) in [6.07, 6.45) is 9.64. The standard InChI is InChI=1S/C26H37N/c1-8-10-11-12-18(3)24-14-13-19(4)26(17-24)27-22(7)25(9-2)21(6)20(5)23-15-16-23/h9,13-14,17,23,27H,3,7-8,10-12,15-16H2,1-2,4-6H3/b21-20+,25-9+. The van der Waals surface area contributed by atoms with Crippen molar-refractivity contribution in [2.24, 2.45) is 5.92 Å². The molecule has 1 aliphatic carbocycles. The Bertz CT molecular complexity index is 756. The van der Waals surface area contributed by atoms with Gasteiger partial charge in [0.2, 0.25) is 0 Å². The number of rotatable bonds is 10. The van der Waals surface area contributed by atoms with E-state index in [4.69, 9.17) is 0 Å². The van der Waals surface area contributed by atoms with Crippen LogP contribution in [0.4, 0.5) is 5.69 Å². The van der Waals surface area contributed by atoms with E-state index in [1.165, 1.54) is 65.5 Å². The van der Waals surface area contributed by atoms with E-state index in [1.54, 1.807) is 0 Å². The fourth-order valence-electron chi connectivity index (χ4n) is 3.59. The average molecular weight is 364 g/mol. The van der Waals surface area contributed by atoms with Crippen LogP contribution in [-0.2, 0) is 0 Å². The molecule has 0 unspecified atom stereocenters. The van der Waals surface area contributed by atoms with Gasteiger partial charge in [0, 0.05) is 11.4 Å². The van der Waals surface area contributed by atoms with E-state index < -0.39 is 0 Å². The summed E-state index contributed by atoms with van der Waals surface area (Å²) in [5.74, 6) is 0.782. The second kappa shape index (κ2) is 9.78. The Labute approximate surface area is 167 Å². The highest BCUT2D eigenvalue weighted by molar-refractivity contribution is 5.70. The van der Waals surface area contributed by atoms with E-state index in [9.17, 15) is 0 Å². The molecule has 1 fully saturated rings. The Morgan fingerprint density at radius 2 is 1.89 bits per heavy atom. The molecular weight excluding hydrogens is 326 g/mol. The lowest BCUT2D eigenvalue weighted by Gasteiger charge is -2.19. The highest BCUT2D eigenvalue weighted by atomic mass is 14.9. The summed E-state index contributed by atoms with van der Waals surface area (Å²) >= 11 is 0. The number of allylic oxidation sites excluding steroid dienone is 4. The molecule has 2 rings (SSSR count). The predicted octanol–water partition coefficient (Wildman–Crippen LogP) is 8.21. The third-order valence-electron chi connectivity index (χ3n) is 5.81. The highest BCUT2D eigenvalue weighted by Crippen LogP contribution is 2.40. The molecule has 0 aromatic heterocycles. The molecular formula is C26H37N. The Kier molecular flexibility index (Phi) is 7.71. The molecule has 1 nitrogen and oxygen atoms in total. The molecule has 1 aromatic rings. The summed E-state index contributed by atoms with van der Waals surface area (Å²) in [5.41, 5.74) is 9.91. The highest BCUT2D eigenvalue weighted by Gasteiger charge is 2.25. The summed E-state index contributed by atoms with van der Waals surface area (Å²) in [4.78, 5) is 0. The summed E-state index contributed by atoms with van der Waals surface area (Å²) in [6.45, 7) is 19.6. The van der Waals surface area contributed by atoms with Crippen LogP contribution in [0.15, 0.2) is 59.8 Å². The quantitative estimate of drug-likeness (QED) is 0.326. The first-order valence-electron chi connectivity index (χ1n) is 10.5. The molecule has 146 valence electrons. The van der Waals surface area contributed by atoms with Crippen LogP contribution >= 0.6 is 0 Å². The van der Waals surface area contributed by atoms with E-state index >= 15 is 0 Å². The van der Waals surface area contributed by atoms with Crippen molar-refractivity contribution in [3.63, 3.8) is 0 Å². The molecule has 1 aromatic carbocycles. The van der Waals surface area contributed by atoms with Gasteiger partial charge in [-0.2, -0.15) is 0 Å². The normalized spacial score (nSPS) is 15.4. The maximum absolute atomic E-state index is 4.34. The fourth-order valence-corrected chi connectivity index (χ4v) is 3.59. The van der Waals surface area contributed by atoms with Crippen LogP contribution in [0.1, 0.15) is 77.3 Å². The SMILES string of the molecule is C=C(Nc1cc(C(=C)CCCCC)ccc1C)C(=C/C)/C(C)=C(\C)C1CC1. The van der Waals surface area contributed by atoms with Gasteiger partial charge in [0.15, 0.2) is 0 Å². The van der Waals surface area contributed by atoms with Gasteiger partial charge in [0.1, 0.15) is 0 Å². The Hall–Kier alpha value is -2.02. The van der Waals surface area contributed by atoms with E-state index in [1.807, 2.05) is 0 Å². The summed E-state index contributed by atoms with van der Waals surface area (Å²) in [5, 5.41) is 3.58. The fraction of sp³-hybridized carbons (Fsp3) is 0.462. The number of unbranched alkanes of at least 4 members (excludes halogenated alkanes) is 2. The Balaban J connectivity index is 2.15. The van der Waals surface area contributed by atoms with Gasteiger partial charge in [-0.05, 0) is 93.2 Å². The lowest BCUT2D eigenvalue weighted by atomic mass is 9.96. The smallest absolute Gasteiger partial charge is 0.0420 e. The van der Waals surface area contributed by atoms with Gasteiger partial charge < -0.3 is 5.32 Å². The van der Waals surface area contributed by atoms with Crippen LogP contribution < -0.4 is 5.32 Å². The molecule has 1 heteroatoms. The number of aryl methyl sites for hydroxylation is 1. The maximum atomic E-state index is 4.34. The zero-order valence-electron chi connectivity index (χ0n) is 18.0. The van der Waals surface area contributed by atoms with Crippen LogP contribution in [0, 0.1) is 12.8 Å². The van der Waals surface area contributed by atoms with Gasteiger partial charge in [0.25, 0.3) is 0 Å². The molecule has 1 N–H and O–H groups in total. The van der Waals surface area contributed by atoms with E-state index in [-0.39, 0.29) is 0 Å². The molecule has 0 heterocycles. The van der Waals surface area contributed by atoms with E-state index in [0.29, 0.717) is 0 Å². The van der Waals surface area contributed by atoms with Gasteiger partial charge in [-0.1, -0.05) is 56.7 Å². The minimum Gasteiger partial charge on any atom is -0.355 e. The topological polar surface area (TPSA) is 12.0 Å². The van der Waals surface area contributed by atoms with Crippen molar-refractivity contribution >= 4 is 11.3 Å². The average Bonchev–Trinajstić information content (AvgIpc) is 3.48. The number of hydrogen-bond acceptors (Lipinski definition) is 1. The minimum atomic E-state index is 0.782. The lowest BCUT2D eigenvalue weighted by Crippen LogP contribution is -2.05. The van der Waals surface area contributed by atoms with Crippen LogP contribution in [0.5, 0.6) is 0 Å².